The number of nitro benzene ring substituents is 1. The molecule has 0 bridgehead atoms. The number of carbonyl (C=O) groups excluding carboxylic acids is 1. The molecule has 0 aliphatic carbocycles. The van der Waals surface area contributed by atoms with Crippen LogP contribution in [0.4, 0.5) is 17.1 Å². The monoisotopic (exact) mass is 347 g/mol. The Bertz CT molecular complexity index is 985. The van der Waals surface area contributed by atoms with Crippen LogP contribution in [0.3, 0.4) is 0 Å². The standard InChI is InChI=1S/C20H17N3O3/c21-17-11-10-15(20(24)13-6-2-1-3-7-13)16(19(17)22)12-14-8-4-5-9-18(14)23(25)26/h1-11H,12,21-22H2. The van der Waals surface area contributed by atoms with Crippen LogP contribution >= 0.6 is 0 Å². The lowest BCUT2D eigenvalue weighted by molar-refractivity contribution is -0.385. The topological polar surface area (TPSA) is 112 Å². The molecule has 0 aliphatic heterocycles. The molecular formula is C20H17N3O3. The van der Waals surface area contributed by atoms with Crippen LogP contribution < -0.4 is 11.5 Å². The van der Waals surface area contributed by atoms with Crippen molar-refractivity contribution in [2.75, 3.05) is 11.5 Å². The predicted octanol–water partition coefficient (Wildman–Crippen LogP) is 3.58. The molecule has 3 aromatic rings. The van der Waals surface area contributed by atoms with Gasteiger partial charge in [-0.15, -0.1) is 0 Å². The second-order valence-electron chi connectivity index (χ2n) is 5.85. The van der Waals surface area contributed by atoms with Crippen molar-refractivity contribution in [3.63, 3.8) is 0 Å². The van der Waals surface area contributed by atoms with Gasteiger partial charge in [0.1, 0.15) is 0 Å². The van der Waals surface area contributed by atoms with E-state index in [1.165, 1.54) is 6.07 Å². The number of nitrogens with zero attached hydrogens (tertiary/aromatic N) is 1. The molecule has 0 amide bonds. The minimum atomic E-state index is -0.448. The van der Waals surface area contributed by atoms with Gasteiger partial charge in [-0.3, -0.25) is 14.9 Å². The van der Waals surface area contributed by atoms with E-state index in [4.69, 9.17) is 11.5 Å². The van der Waals surface area contributed by atoms with Gasteiger partial charge in [0.25, 0.3) is 5.69 Å². The lowest BCUT2D eigenvalue weighted by Gasteiger charge is -2.14. The van der Waals surface area contributed by atoms with Crippen LogP contribution in [-0.4, -0.2) is 10.7 Å². The fraction of sp³-hybridized carbons (Fsp3) is 0.0500. The van der Waals surface area contributed by atoms with Crippen LogP contribution in [0.2, 0.25) is 0 Å². The van der Waals surface area contributed by atoms with Crippen molar-refractivity contribution >= 4 is 22.8 Å². The lowest BCUT2D eigenvalue weighted by atomic mass is 9.92. The lowest BCUT2D eigenvalue weighted by Crippen LogP contribution is -2.11. The van der Waals surface area contributed by atoms with Crippen LogP contribution in [0.25, 0.3) is 0 Å². The Hall–Kier alpha value is -3.67. The van der Waals surface area contributed by atoms with Crippen molar-refractivity contribution in [2.24, 2.45) is 0 Å². The highest BCUT2D eigenvalue weighted by molar-refractivity contribution is 6.11. The third-order valence-corrected chi connectivity index (χ3v) is 4.23. The number of rotatable bonds is 5. The summed E-state index contributed by atoms with van der Waals surface area (Å²) in [6.45, 7) is 0. The van der Waals surface area contributed by atoms with E-state index in [9.17, 15) is 14.9 Å². The summed E-state index contributed by atoms with van der Waals surface area (Å²) in [7, 11) is 0. The second kappa shape index (κ2) is 7.06. The molecule has 26 heavy (non-hydrogen) atoms. The summed E-state index contributed by atoms with van der Waals surface area (Å²) in [5.74, 6) is -0.203. The van der Waals surface area contributed by atoms with Crippen molar-refractivity contribution < 1.29 is 9.72 Å². The van der Waals surface area contributed by atoms with Gasteiger partial charge in [-0.25, -0.2) is 0 Å². The first-order valence-electron chi connectivity index (χ1n) is 7.98. The molecule has 0 heterocycles. The highest BCUT2D eigenvalue weighted by atomic mass is 16.6. The van der Waals surface area contributed by atoms with Crippen LogP contribution in [-0.2, 0) is 6.42 Å². The molecule has 0 spiro atoms. The van der Waals surface area contributed by atoms with Crippen molar-refractivity contribution in [3.05, 3.63) is 99.1 Å². The SMILES string of the molecule is Nc1ccc(C(=O)c2ccccc2)c(Cc2ccccc2[N+](=O)[O-])c1N. The van der Waals surface area contributed by atoms with E-state index in [0.717, 1.165) is 0 Å². The second-order valence-corrected chi connectivity index (χ2v) is 5.85. The van der Waals surface area contributed by atoms with Gasteiger partial charge in [-0.05, 0) is 17.7 Å². The first-order chi connectivity index (χ1) is 12.5. The van der Waals surface area contributed by atoms with E-state index in [2.05, 4.69) is 0 Å². The highest BCUT2D eigenvalue weighted by Crippen LogP contribution is 2.30. The zero-order valence-electron chi connectivity index (χ0n) is 13.9. The van der Waals surface area contributed by atoms with Crippen LogP contribution in [0, 0.1) is 10.1 Å². The Morgan fingerprint density at radius 3 is 2.27 bits per heavy atom. The van der Waals surface area contributed by atoms with E-state index in [-0.39, 0.29) is 23.6 Å². The van der Waals surface area contributed by atoms with Gasteiger partial charge >= 0.3 is 0 Å². The van der Waals surface area contributed by atoms with E-state index in [1.807, 2.05) is 6.07 Å². The van der Waals surface area contributed by atoms with Gasteiger partial charge < -0.3 is 11.5 Å². The molecule has 4 N–H and O–H groups in total. The summed E-state index contributed by atoms with van der Waals surface area (Å²) in [5.41, 5.74) is 14.5. The Labute approximate surface area is 150 Å². The minimum Gasteiger partial charge on any atom is -0.397 e. The van der Waals surface area contributed by atoms with Gasteiger partial charge in [-0.2, -0.15) is 0 Å². The number of benzene rings is 3. The number of nitro groups is 1. The number of anilines is 2. The van der Waals surface area contributed by atoms with Gasteiger partial charge in [0, 0.05) is 29.2 Å². The molecule has 0 fully saturated rings. The normalized spacial score (nSPS) is 10.5. The summed E-state index contributed by atoms with van der Waals surface area (Å²) in [5, 5.41) is 11.3. The summed E-state index contributed by atoms with van der Waals surface area (Å²) in [6.07, 6.45) is 0.141. The summed E-state index contributed by atoms with van der Waals surface area (Å²) < 4.78 is 0. The summed E-state index contributed by atoms with van der Waals surface area (Å²) in [4.78, 5) is 23.7. The molecule has 3 rings (SSSR count). The number of ketones is 1. The maximum atomic E-state index is 12.9. The molecule has 0 atom stereocenters. The van der Waals surface area contributed by atoms with Gasteiger partial charge in [0.05, 0.1) is 16.3 Å². The Morgan fingerprint density at radius 2 is 1.58 bits per heavy atom. The largest absolute Gasteiger partial charge is 0.397 e. The molecule has 0 aromatic heterocycles. The molecule has 6 nitrogen and oxygen atoms in total. The van der Waals surface area contributed by atoms with Crippen molar-refractivity contribution in [3.8, 4) is 0 Å². The van der Waals surface area contributed by atoms with Gasteiger partial charge in [0.15, 0.2) is 5.78 Å². The van der Waals surface area contributed by atoms with E-state index in [0.29, 0.717) is 27.9 Å². The number of nitrogens with two attached hydrogens (primary N) is 2. The van der Waals surface area contributed by atoms with Gasteiger partial charge in [-0.1, -0.05) is 48.5 Å². The third-order valence-electron chi connectivity index (χ3n) is 4.23. The first kappa shape index (κ1) is 17.2. The number of hydrogen-bond donors (Lipinski definition) is 2. The average molecular weight is 347 g/mol. The average Bonchev–Trinajstić information content (AvgIpc) is 2.66. The Morgan fingerprint density at radius 1 is 0.923 bits per heavy atom. The third kappa shape index (κ3) is 3.25. The first-order valence-corrected chi connectivity index (χ1v) is 7.98. The smallest absolute Gasteiger partial charge is 0.272 e. The van der Waals surface area contributed by atoms with Crippen LogP contribution in [0.5, 0.6) is 0 Å². The fourth-order valence-electron chi connectivity index (χ4n) is 2.86. The van der Waals surface area contributed by atoms with E-state index in [1.54, 1.807) is 54.6 Å². The van der Waals surface area contributed by atoms with Gasteiger partial charge in [0.2, 0.25) is 0 Å². The number of hydrogen-bond acceptors (Lipinski definition) is 5. The fourth-order valence-corrected chi connectivity index (χ4v) is 2.86. The van der Waals surface area contributed by atoms with Crippen LogP contribution in [0.1, 0.15) is 27.0 Å². The number of nitrogen functional groups attached to an aromatic ring is 2. The molecule has 0 saturated carbocycles. The summed E-state index contributed by atoms with van der Waals surface area (Å²) >= 11 is 0. The number of para-hydroxylation sites is 1. The molecule has 0 unspecified atom stereocenters. The minimum absolute atomic E-state index is 0.0209. The van der Waals surface area contributed by atoms with E-state index >= 15 is 0 Å². The van der Waals surface area contributed by atoms with Crippen LogP contribution in [0.15, 0.2) is 66.7 Å². The molecule has 130 valence electrons. The Balaban J connectivity index is 2.11. The molecule has 0 saturated heterocycles. The Kier molecular flexibility index (Phi) is 4.66. The maximum absolute atomic E-state index is 12.9. The zero-order chi connectivity index (χ0) is 18.7. The molecule has 0 radical (unpaired) electrons. The highest BCUT2D eigenvalue weighted by Gasteiger charge is 2.21. The van der Waals surface area contributed by atoms with E-state index < -0.39 is 4.92 Å². The number of carbonyl (C=O) groups is 1. The van der Waals surface area contributed by atoms with Crippen molar-refractivity contribution in [1.82, 2.24) is 0 Å². The molecular weight excluding hydrogens is 330 g/mol. The molecule has 0 aliphatic rings. The summed E-state index contributed by atoms with van der Waals surface area (Å²) in [6, 6.07) is 18.4. The maximum Gasteiger partial charge on any atom is 0.272 e. The molecule has 3 aromatic carbocycles. The van der Waals surface area contributed by atoms with Crippen molar-refractivity contribution in [2.45, 2.75) is 6.42 Å². The van der Waals surface area contributed by atoms with Crippen molar-refractivity contribution in [1.29, 1.82) is 0 Å². The quantitative estimate of drug-likeness (QED) is 0.317. The zero-order valence-corrected chi connectivity index (χ0v) is 13.9. The predicted molar refractivity (Wildman–Crippen MR) is 101 cm³/mol. The molecule has 6 heteroatoms.